The van der Waals surface area contributed by atoms with Crippen LogP contribution in [0.5, 0.6) is 0 Å². The van der Waals surface area contributed by atoms with Crippen LogP contribution in [0.15, 0.2) is 146 Å². The summed E-state index contributed by atoms with van der Waals surface area (Å²) >= 11 is 0. The Morgan fingerprint density at radius 2 is 0.717 bits per heavy atom. The monoisotopic (exact) mass is 704 g/mol. The molecular weight excluding hydrogens is 653 g/mol. The zero-order valence-corrected chi connectivity index (χ0v) is 33.7. The lowest BCUT2D eigenvalue weighted by Crippen LogP contribution is -2.15. The molecule has 0 fully saturated rings. The lowest BCUT2D eigenvalue weighted by atomic mass is 9.78. The number of allylic oxidation sites excluding steroid dienone is 2. The maximum atomic E-state index is 2.56. The summed E-state index contributed by atoms with van der Waals surface area (Å²) < 4.78 is 0. The predicted molar refractivity (Wildman–Crippen MR) is 233 cm³/mol. The fraction of sp³-hybridized carbons (Fsp3) is 0.231. The normalized spacial score (nSPS) is 16.8. The predicted octanol–water partition coefficient (Wildman–Crippen LogP) is 13.6. The standard InChI is InChI=1S/C52H52Si/c1-51(2,3)47-29-27-39-43(49(47)37-23-15-9-16-24-37)31-41(35-19-11-7-12-20-35)45(39)33-53-34-46-40-28-30-48(52(4,5)6)50(38-25-17-10-18-26-38)44(40)32-42(46)36-21-13-8-14-22-36/h7-32,45-46H,33-34,53H2,1-6H3. The Kier molecular flexibility index (Phi) is 9.33. The van der Waals surface area contributed by atoms with Crippen LogP contribution in [0.2, 0.25) is 12.1 Å². The van der Waals surface area contributed by atoms with Crippen LogP contribution in [0.3, 0.4) is 0 Å². The van der Waals surface area contributed by atoms with Crippen LogP contribution in [0.1, 0.15) is 97.9 Å². The van der Waals surface area contributed by atoms with Gasteiger partial charge >= 0.3 is 0 Å². The molecule has 0 heterocycles. The molecule has 0 N–H and O–H groups in total. The van der Waals surface area contributed by atoms with Crippen molar-refractivity contribution in [2.75, 3.05) is 0 Å². The van der Waals surface area contributed by atoms with Gasteiger partial charge in [0.05, 0.1) is 0 Å². The number of hydrogen-bond donors (Lipinski definition) is 0. The van der Waals surface area contributed by atoms with E-state index in [1.165, 1.54) is 90.0 Å². The van der Waals surface area contributed by atoms with Gasteiger partial charge in [-0.1, -0.05) is 199 Å². The fourth-order valence-corrected chi connectivity index (χ4v) is 11.4. The first-order valence-corrected chi connectivity index (χ1v) is 21.6. The summed E-state index contributed by atoms with van der Waals surface area (Å²) in [5.41, 5.74) is 20.0. The highest BCUT2D eigenvalue weighted by Crippen LogP contribution is 2.52. The lowest BCUT2D eigenvalue weighted by Gasteiger charge is -2.27. The molecule has 1 heteroatoms. The highest BCUT2D eigenvalue weighted by molar-refractivity contribution is 6.37. The molecule has 264 valence electrons. The summed E-state index contributed by atoms with van der Waals surface area (Å²) in [5.74, 6) is 0.812. The summed E-state index contributed by atoms with van der Waals surface area (Å²) in [4.78, 5) is 0. The molecular formula is C52H52Si. The lowest BCUT2D eigenvalue weighted by molar-refractivity contribution is 0.591. The third-order valence-corrected chi connectivity index (χ3v) is 13.6. The minimum absolute atomic E-state index is 0.0370. The number of rotatable bonds is 8. The molecule has 0 radical (unpaired) electrons. The van der Waals surface area contributed by atoms with E-state index in [0.717, 1.165) is 0 Å². The Morgan fingerprint density at radius 1 is 0.396 bits per heavy atom. The second-order valence-corrected chi connectivity index (χ2v) is 19.0. The van der Waals surface area contributed by atoms with E-state index in [1.54, 1.807) is 0 Å². The molecule has 2 unspecified atom stereocenters. The maximum absolute atomic E-state index is 2.56. The van der Waals surface area contributed by atoms with Gasteiger partial charge in [0.15, 0.2) is 0 Å². The Morgan fingerprint density at radius 3 is 1.04 bits per heavy atom. The minimum atomic E-state index is -0.506. The van der Waals surface area contributed by atoms with Gasteiger partial charge in [0, 0.05) is 21.4 Å². The highest BCUT2D eigenvalue weighted by Gasteiger charge is 2.34. The molecule has 53 heavy (non-hydrogen) atoms. The SMILES string of the molecule is CC(C)(C)c1ccc2c(c1-c1ccccc1)C=C(c1ccccc1)C2C[SiH2]CC1C(c2ccccc2)=Cc2c1ccc(C(C)(C)C)c2-c1ccccc1. The van der Waals surface area contributed by atoms with Crippen molar-refractivity contribution >= 4 is 32.8 Å². The maximum Gasteiger partial charge on any atom is 0.0219 e. The van der Waals surface area contributed by atoms with E-state index in [4.69, 9.17) is 0 Å². The van der Waals surface area contributed by atoms with Crippen LogP contribution in [0.25, 0.3) is 45.6 Å². The van der Waals surface area contributed by atoms with Crippen molar-refractivity contribution in [3.8, 4) is 22.3 Å². The summed E-state index contributed by atoms with van der Waals surface area (Å²) in [6, 6.07) is 56.9. The van der Waals surface area contributed by atoms with E-state index < -0.39 is 9.52 Å². The smallest absolute Gasteiger partial charge is 0.0219 e. The van der Waals surface area contributed by atoms with Gasteiger partial charge < -0.3 is 0 Å². The van der Waals surface area contributed by atoms with E-state index in [2.05, 4.69) is 199 Å². The third-order valence-electron chi connectivity index (χ3n) is 11.6. The van der Waals surface area contributed by atoms with Gasteiger partial charge in [-0.3, -0.25) is 0 Å². The Labute approximate surface area is 320 Å². The summed E-state index contributed by atoms with van der Waals surface area (Å²) in [7, 11) is -0.506. The van der Waals surface area contributed by atoms with E-state index in [1.807, 2.05) is 0 Å². The molecule has 8 rings (SSSR count). The topological polar surface area (TPSA) is 0 Å². The Balaban J connectivity index is 1.20. The van der Waals surface area contributed by atoms with Crippen LogP contribution >= 0.6 is 0 Å². The minimum Gasteiger partial charge on any atom is -0.0622 e. The molecule has 2 atom stereocenters. The van der Waals surface area contributed by atoms with E-state index >= 15 is 0 Å². The molecule has 2 aliphatic carbocycles. The van der Waals surface area contributed by atoms with E-state index in [-0.39, 0.29) is 10.8 Å². The molecule has 0 nitrogen and oxygen atoms in total. The summed E-state index contributed by atoms with van der Waals surface area (Å²) in [6.07, 6.45) is 5.11. The van der Waals surface area contributed by atoms with Crippen molar-refractivity contribution < 1.29 is 0 Å². The van der Waals surface area contributed by atoms with Gasteiger partial charge in [-0.2, -0.15) is 0 Å². The Hall–Kier alpha value is -4.98. The van der Waals surface area contributed by atoms with Gasteiger partial charge in [-0.15, -0.1) is 0 Å². The molecule has 0 amide bonds. The second kappa shape index (κ2) is 14.1. The first kappa shape index (κ1) is 35.1. The van der Waals surface area contributed by atoms with Crippen LogP contribution in [0.4, 0.5) is 0 Å². The fourth-order valence-electron chi connectivity index (χ4n) is 9.10. The average molecular weight is 705 g/mol. The number of fused-ring (bicyclic) bond motifs is 2. The molecule has 0 saturated heterocycles. The molecule has 2 aliphatic rings. The molecule has 6 aromatic carbocycles. The van der Waals surface area contributed by atoms with Crippen molar-refractivity contribution in [1.29, 1.82) is 0 Å². The number of benzene rings is 6. The molecule has 0 spiro atoms. The summed E-state index contributed by atoms with van der Waals surface area (Å²) in [5, 5.41) is 0. The molecule has 6 aromatic rings. The zero-order chi connectivity index (χ0) is 36.7. The highest BCUT2D eigenvalue weighted by atomic mass is 28.2. The van der Waals surface area contributed by atoms with Gasteiger partial charge in [-0.05, 0) is 101 Å². The van der Waals surface area contributed by atoms with Crippen molar-refractivity contribution in [2.45, 2.75) is 76.3 Å². The van der Waals surface area contributed by atoms with E-state index in [9.17, 15) is 0 Å². The van der Waals surface area contributed by atoms with Crippen molar-refractivity contribution in [3.05, 3.63) is 190 Å². The van der Waals surface area contributed by atoms with Gasteiger partial charge in [0.25, 0.3) is 0 Å². The van der Waals surface area contributed by atoms with Crippen LogP contribution < -0.4 is 0 Å². The van der Waals surface area contributed by atoms with Crippen LogP contribution in [-0.2, 0) is 10.8 Å². The molecule has 0 aliphatic heterocycles. The van der Waals surface area contributed by atoms with Crippen LogP contribution in [-0.4, -0.2) is 9.52 Å². The zero-order valence-electron chi connectivity index (χ0n) is 32.3. The van der Waals surface area contributed by atoms with Crippen LogP contribution in [0, 0.1) is 0 Å². The van der Waals surface area contributed by atoms with Gasteiger partial charge in [-0.25, -0.2) is 0 Å². The van der Waals surface area contributed by atoms with E-state index in [0.29, 0.717) is 11.8 Å². The average Bonchev–Trinajstić information content (AvgIpc) is 3.73. The molecule has 0 bridgehead atoms. The van der Waals surface area contributed by atoms with Crippen molar-refractivity contribution in [3.63, 3.8) is 0 Å². The van der Waals surface area contributed by atoms with Gasteiger partial charge in [0.2, 0.25) is 0 Å². The summed E-state index contributed by atoms with van der Waals surface area (Å²) in [6.45, 7) is 14.1. The Bertz CT molecular complexity index is 2130. The molecule has 0 aromatic heterocycles. The first-order valence-electron chi connectivity index (χ1n) is 19.6. The van der Waals surface area contributed by atoms with Crippen molar-refractivity contribution in [1.82, 2.24) is 0 Å². The first-order chi connectivity index (χ1) is 25.6. The molecule has 0 saturated carbocycles. The largest absolute Gasteiger partial charge is 0.0622 e. The number of hydrogen-bond acceptors (Lipinski definition) is 0. The van der Waals surface area contributed by atoms with Crippen molar-refractivity contribution in [2.24, 2.45) is 0 Å². The third kappa shape index (κ3) is 6.73. The second-order valence-electron chi connectivity index (χ2n) is 17.2. The van der Waals surface area contributed by atoms with Gasteiger partial charge in [0.1, 0.15) is 0 Å². The quantitative estimate of drug-likeness (QED) is 0.138.